The van der Waals surface area contributed by atoms with Crippen LogP contribution in [0.1, 0.15) is 23.1 Å². The Labute approximate surface area is 118 Å². The Morgan fingerprint density at radius 3 is 2.70 bits per heavy atom. The first-order valence-electron chi connectivity index (χ1n) is 7.00. The Bertz CT molecular complexity index is 597. The maximum atomic E-state index is 13.7. The second kappa shape index (κ2) is 5.63. The summed E-state index contributed by atoms with van der Waals surface area (Å²) in [6, 6.07) is 13.3. The van der Waals surface area contributed by atoms with Crippen LogP contribution < -0.4 is 5.32 Å². The fraction of sp³-hybridized carbons (Fsp3) is 0.294. The van der Waals surface area contributed by atoms with Gasteiger partial charge in [-0.2, -0.15) is 0 Å². The van der Waals surface area contributed by atoms with Gasteiger partial charge >= 0.3 is 0 Å². The number of halogens is 1. The molecule has 2 aromatic carbocycles. The number of rotatable bonds is 3. The molecule has 0 radical (unpaired) electrons. The zero-order chi connectivity index (χ0) is 13.9. The van der Waals surface area contributed by atoms with Crippen LogP contribution in [0.5, 0.6) is 5.75 Å². The molecule has 0 aliphatic heterocycles. The third kappa shape index (κ3) is 2.68. The molecule has 0 bridgehead atoms. The van der Waals surface area contributed by atoms with Crippen LogP contribution in [0.4, 0.5) is 4.39 Å². The topological polar surface area (TPSA) is 32.3 Å². The summed E-state index contributed by atoms with van der Waals surface area (Å²) in [6.07, 6.45) is 2.27. The highest BCUT2D eigenvalue weighted by Crippen LogP contribution is 2.30. The number of phenolic OH excluding ortho intramolecular Hbond substituents is 1. The highest BCUT2D eigenvalue weighted by Gasteiger charge is 2.23. The van der Waals surface area contributed by atoms with Gasteiger partial charge in [-0.15, -0.1) is 0 Å². The van der Waals surface area contributed by atoms with Crippen LogP contribution in [-0.4, -0.2) is 11.1 Å². The maximum absolute atomic E-state index is 13.7. The van der Waals surface area contributed by atoms with Gasteiger partial charge < -0.3 is 10.4 Å². The van der Waals surface area contributed by atoms with Crippen molar-refractivity contribution in [2.24, 2.45) is 0 Å². The Balaban J connectivity index is 1.68. The summed E-state index contributed by atoms with van der Waals surface area (Å²) in [5, 5.41) is 13.4. The van der Waals surface area contributed by atoms with E-state index >= 15 is 0 Å². The Hall–Kier alpha value is -1.87. The summed E-state index contributed by atoms with van der Waals surface area (Å²) >= 11 is 0. The molecule has 3 heteroatoms. The van der Waals surface area contributed by atoms with Gasteiger partial charge in [-0.05, 0) is 42.5 Å². The van der Waals surface area contributed by atoms with Crippen molar-refractivity contribution in [1.29, 1.82) is 0 Å². The molecule has 2 N–H and O–H groups in total. The van der Waals surface area contributed by atoms with Crippen LogP contribution in [-0.2, 0) is 19.4 Å². The molecule has 0 amide bonds. The largest absolute Gasteiger partial charge is 0.508 e. The molecule has 0 saturated heterocycles. The molecule has 3 rings (SSSR count). The summed E-state index contributed by atoms with van der Waals surface area (Å²) in [4.78, 5) is 0. The van der Waals surface area contributed by atoms with Crippen molar-refractivity contribution in [1.82, 2.24) is 5.32 Å². The molecule has 1 aliphatic rings. The first-order valence-corrected chi connectivity index (χ1v) is 7.00. The molecule has 2 nitrogen and oxygen atoms in total. The molecule has 104 valence electrons. The molecule has 0 spiro atoms. The molecule has 1 atom stereocenters. The lowest BCUT2D eigenvalue weighted by Crippen LogP contribution is -2.34. The van der Waals surface area contributed by atoms with E-state index in [2.05, 4.69) is 17.4 Å². The van der Waals surface area contributed by atoms with Crippen molar-refractivity contribution in [2.75, 3.05) is 0 Å². The van der Waals surface area contributed by atoms with E-state index in [4.69, 9.17) is 0 Å². The van der Waals surface area contributed by atoms with E-state index in [1.54, 1.807) is 0 Å². The van der Waals surface area contributed by atoms with Crippen molar-refractivity contribution >= 4 is 0 Å². The lowest BCUT2D eigenvalue weighted by Gasteiger charge is -2.26. The summed E-state index contributed by atoms with van der Waals surface area (Å²) in [5.74, 6) is 0.0203. The van der Waals surface area contributed by atoms with Gasteiger partial charge in [0.25, 0.3) is 0 Å². The van der Waals surface area contributed by atoms with E-state index in [0.29, 0.717) is 18.4 Å². The van der Waals surface area contributed by atoms with Crippen LogP contribution >= 0.6 is 0 Å². The summed E-state index contributed by atoms with van der Waals surface area (Å²) in [7, 11) is 0. The zero-order valence-corrected chi connectivity index (χ0v) is 11.3. The van der Waals surface area contributed by atoms with E-state index in [0.717, 1.165) is 18.5 Å². The molecule has 1 unspecified atom stereocenters. The molecule has 0 saturated carbocycles. The van der Waals surface area contributed by atoms with E-state index < -0.39 is 0 Å². The van der Waals surface area contributed by atoms with E-state index in [9.17, 15) is 9.50 Å². The zero-order valence-electron chi connectivity index (χ0n) is 11.3. The molecule has 1 aliphatic carbocycles. The number of aromatic hydroxyl groups is 1. The first kappa shape index (κ1) is 13.1. The minimum Gasteiger partial charge on any atom is -0.508 e. The standard InChI is InChI=1S/C17H18FNO/c18-16-8-9-17(20)15-10-13(6-7-14(15)16)19-11-12-4-2-1-3-5-12/h1-5,8-9,13,19-20H,6-7,10-11H2. The predicted molar refractivity (Wildman–Crippen MR) is 77.2 cm³/mol. The summed E-state index contributed by atoms with van der Waals surface area (Å²) in [5.41, 5.74) is 2.69. The normalized spacial score (nSPS) is 17.8. The number of hydrogen-bond donors (Lipinski definition) is 2. The van der Waals surface area contributed by atoms with Gasteiger partial charge in [-0.1, -0.05) is 30.3 Å². The minimum absolute atomic E-state index is 0.195. The van der Waals surface area contributed by atoms with Gasteiger partial charge in [-0.3, -0.25) is 0 Å². The van der Waals surface area contributed by atoms with Crippen LogP contribution in [0.2, 0.25) is 0 Å². The van der Waals surface area contributed by atoms with Crippen LogP contribution in [0.25, 0.3) is 0 Å². The Morgan fingerprint density at radius 2 is 1.90 bits per heavy atom. The van der Waals surface area contributed by atoms with Crippen molar-refractivity contribution in [3.05, 3.63) is 65.0 Å². The van der Waals surface area contributed by atoms with E-state index in [1.807, 2.05) is 18.2 Å². The molecular weight excluding hydrogens is 253 g/mol. The summed E-state index contributed by atoms with van der Waals surface area (Å²) in [6.45, 7) is 0.802. The minimum atomic E-state index is -0.195. The number of nitrogens with one attached hydrogen (secondary N) is 1. The monoisotopic (exact) mass is 271 g/mol. The van der Waals surface area contributed by atoms with Crippen molar-refractivity contribution in [3.8, 4) is 5.75 Å². The third-order valence-corrected chi connectivity index (χ3v) is 3.98. The molecule has 20 heavy (non-hydrogen) atoms. The lowest BCUT2D eigenvalue weighted by atomic mass is 9.87. The smallest absolute Gasteiger partial charge is 0.126 e. The number of benzene rings is 2. The molecule has 0 aromatic heterocycles. The average molecular weight is 271 g/mol. The van der Waals surface area contributed by atoms with Gasteiger partial charge in [0.15, 0.2) is 0 Å². The van der Waals surface area contributed by atoms with Gasteiger partial charge in [-0.25, -0.2) is 4.39 Å². The second-order valence-corrected chi connectivity index (χ2v) is 5.33. The van der Waals surface area contributed by atoms with Crippen LogP contribution in [0.3, 0.4) is 0 Å². The molecule has 0 fully saturated rings. The number of hydrogen-bond acceptors (Lipinski definition) is 2. The summed E-state index contributed by atoms with van der Waals surface area (Å²) < 4.78 is 13.7. The molecular formula is C17H18FNO. The fourth-order valence-electron chi connectivity index (χ4n) is 2.85. The van der Waals surface area contributed by atoms with E-state index in [1.165, 1.54) is 17.7 Å². The quantitative estimate of drug-likeness (QED) is 0.898. The number of fused-ring (bicyclic) bond motifs is 1. The number of phenols is 1. The van der Waals surface area contributed by atoms with Crippen molar-refractivity contribution < 1.29 is 9.50 Å². The fourth-order valence-corrected chi connectivity index (χ4v) is 2.85. The Kier molecular flexibility index (Phi) is 3.70. The van der Waals surface area contributed by atoms with E-state index in [-0.39, 0.29) is 17.6 Å². The first-order chi connectivity index (χ1) is 9.74. The maximum Gasteiger partial charge on any atom is 0.126 e. The average Bonchev–Trinajstić information content (AvgIpc) is 2.50. The SMILES string of the molecule is Oc1ccc(F)c2c1CC(NCc1ccccc1)CC2. The van der Waals surface area contributed by atoms with Crippen LogP contribution in [0.15, 0.2) is 42.5 Å². The van der Waals surface area contributed by atoms with Crippen molar-refractivity contribution in [2.45, 2.75) is 31.8 Å². The third-order valence-electron chi connectivity index (χ3n) is 3.98. The van der Waals surface area contributed by atoms with Gasteiger partial charge in [0.05, 0.1) is 0 Å². The molecule has 2 aromatic rings. The van der Waals surface area contributed by atoms with Gasteiger partial charge in [0.2, 0.25) is 0 Å². The highest BCUT2D eigenvalue weighted by atomic mass is 19.1. The van der Waals surface area contributed by atoms with Gasteiger partial charge in [0.1, 0.15) is 11.6 Å². The van der Waals surface area contributed by atoms with Gasteiger partial charge in [0, 0.05) is 18.2 Å². The highest BCUT2D eigenvalue weighted by molar-refractivity contribution is 5.42. The second-order valence-electron chi connectivity index (χ2n) is 5.33. The lowest BCUT2D eigenvalue weighted by molar-refractivity contribution is 0.417. The van der Waals surface area contributed by atoms with Crippen LogP contribution in [0, 0.1) is 5.82 Å². The Morgan fingerprint density at radius 1 is 1.10 bits per heavy atom. The predicted octanol–water partition coefficient (Wildman–Crippen LogP) is 3.18. The molecule has 0 heterocycles. The van der Waals surface area contributed by atoms with Crippen molar-refractivity contribution in [3.63, 3.8) is 0 Å².